The highest BCUT2D eigenvalue weighted by Gasteiger charge is 2.20. The van der Waals surface area contributed by atoms with Crippen molar-refractivity contribution >= 4 is 34.6 Å². The molecule has 1 aliphatic rings. The summed E-state index contributed by atoms with van der Waals surface area (Å²) in [5.41, 5.74) is 7.11. The Morgan fingerprint density at radius 1 is 1.24 bits per heavy atom. The number of nitrogens with two attached hydrogens (primary N) is 1. The Bertz CT molecular complexity index is 383. The standard InChI is InChI=1S/C13H18Cl2N2/c1-8-3-2-4-10(5-8)17-13-11(14)6-9(16)7-12(13)15/h6-8,10,17H,2-5,16H2,1H3. The molecule has 0 bridgehead atoms. The van der Waals surface area contributed by atoms with Crippen LogP contribution in [0, 0.1) is 5.92 Å². The summed E-state index contributed by atoms with van der Waals surface area (Å²) in [6, 6.07) is 3.95. The number of anilines is 2. The molecule has 0 radical (unpaired) electrons. The van der Waals surface area contributed by atoms with E-state index in [2.05, 4.69) is 12.2 Å². The summed E-state index contributed by atoms with van der Waals surface area (Å²) in [6.07, 6.45) is 4.95. The SMILES string of the molecule is CC1CCCC(Nc2c(Cl)cc(N)cc2Cl)C1. The van der Waals surface area contributed by atoms with Gasteiger partial charge in [-0.05, 0) is 30.9 Å². The number of hydrogen-bond donors (Lipinski definition) is 2. The molecule has 0 saturated heterocycles. The van der Waals surface area contributed by atoms with Crippen LogP contribution in [0.15, 0.2) is 12.1 Å². The summed E-state index contributed by atoms with van der Waals surface area (Å²) in [5.74, 6) is 0.771. The number of halogens is 2. The fourth-order valence-corrected chi connectivity index (χ4v) is 3.11. The van der Waals surface area contributed by atoms with Crippen molar-refractivity contribution in [2.24, 2.45) is 5.92 Å². The highest BCUT2D eigenvalue weighted by molar-refractivity contribution is 6.39. The third kappa shape index (κ3) is 3.20. The number of rotatable bonds is 2. The minimum absolute atomic E-state index is 0.470. The lowest BCUT2D eigenvalue weighted by molar-refractivity contribution is 0.358. The van der Waals surface area contributed by atoms with Crippen LogP contribution in [0.1, 0.15) is 32.6 Å². The summed E-state index contributed by atoms with van der Waals surface area (Å²) < 4.78 is 0. The van der Waals surface area contributed by atoms with Crippen LogP contribution < -0.4 is 11.1 Å². The number of benzene rings is 1. The van der Waals surface area contributed by atoms with E-state index in [-0.39, 0.29) is 0 Å². The van der Waals surface area contributed by atoms with Crippen molar-refractivity contribution in [2.45, 2.75) is 38.6 Å². The van der Waals surface area contributed by atoms with E-state index in [1.54, 1.807) is 12.1 Å². The topological polar surface area (TPSA) is 38.0 Å². The van der Waals surface area contributed by atoms with E-state index in [9.17, 15) is 0 Å². The minimum Gasteiger partial charge on any atom is -0.399 e. The Hall–Kier alpha value is -0.600. The molecular formula is C13H18Cl2N2. The molecule has 0 amide bonds. The van der Waals surface area contributed by atoms with Gasteiger partial charge in [0, 0.05) is 11.7 Å². The first-order valence-electron chi connectivity index (χ1n) is 6.07. The van der Waals surface area contributed by atoms with Gasteiger partial charge in [-0.1, -0.05) is 43.0 Å². The predicted molar refractivity (Wildman–Crippen MR) is 75.9 cm³/mol. The summed E-state index contributed by atoms with van der Waals surface area (Å²) >= 11 is 12.3. The number of nitrogens with one attached hydrogen (secondary N) is 1. The molecule has 2 nitrogen and oxygen atoms in total. The predicted octanol–water partition coefficient (Wildman–Crippen LogP) is 4.57. The second-order valence-electron chi connectivity index (χ2n) is 4.97. The molecule has 1 aromatic carbocycles. The second-order valence-corrected chi connectivity index (χ2v) is 5.79. The molecule has 1 aromatic rings. The van der Waals surface area contributed by atoms with Gasteiger partial charge in [-0.2, -0.15) is 0 Å². The van der Waals surface area contributed by atoms with Crippen molar-refractivity contribution in [1.82, 2.24) is 0 Å². The molecule has 2 unspecified atom stereocenters. The molecule has 17 heavy (non-hydrogen) atoms. The molecule has 1 fully saturated rings. The van der Waals surface area contributed by atoms with Crippen molar-refractivity contribution in [2.75, 3.05) is 11.1 Å². The average molecular weight is 273 g/mol. The fourth-order valence-electron chi connectivity index (χ4n) is 2.50. The smallest absolute Gasteiger partial charge is 0.0722 e. The molecular weight excluding hydrogens is 255 g/mol. The van der Waals surface area contributed by atoms with Crippen LogP contribution in [-0.2, 0) is 0 Å². The molecule has 2 rings (SSSR count). The van der Waals surface area contributed by atoms with E-state index in [0.29, 0.717) is 21.8 Å². The van der Waals surface area contributed by atoms with E-state index >= 15 is 0 Å². The monoisotopic (exact) mass is 272 g/mol. The van der Waals surface area contributed by atoms with Crippen LogP contribution in [0.3, 0.4) is 0 Å². The Balaban J connectivity index is 2.12. The number of nitrogen functional groups attached to an aromatic ring is 1. The highest BCUT2D eigenvalue weighted by Crippen LogP contribution is 2.35. The molecule has 3 N–H and O–H groups in total. The molecule has 2 atom stereocenters. The van der Waals surface area contributed by atoms with Crippen LogP contribution in [0.25, 0.3) is 0 Å². The van der Waals surface area contributed by atoms with E-state index in [1.807, 2.05) is 0 Å². The van der Waals surface area contributed by atoms with E-state index in [0.717, 1.165) is 11.6 Å². The molecule has 94 valence electrons. The highest BCUT2D eigenvalue weighted by atomic mass is 35.5. The lowest BCUT2D eigenvalue weighted by atomic mass is 9.87. The van der Waals surface area contributed by atoms with Crippen LogP contribution in [-0.4, -0.2) is 6.04 Å². The Labute approximate surface area is 112 Å². The van der Waals surface area contributed by atoms with Gasteiger partial charge in [0.05, 0.1) is 15.7 Å². The molecule has 0 aromatic heterocycles. The molecule has 1 aliphatic carbocycles. The maximum Gasteiger partial charge on any atom is 0.0722 e. The van der Waals surface area contributed by atoms with Gasteiger partial charge < -0.3 is 11.1 Å². The van der Waals surface area contributed by atoms with Gasteiger partial charge in [-0.3, -0.25) is 0 Å². The third-order valence-corrected chi connectivity index (χ3v) is 3.95. The van der Waals surface area contributed by atoms with E-state index in [4.69, 9.17) is 28.9 Å². The maximum atomic E-state index is 6.16. The first-order chi connectivity index (χ1) is 8.06. The van der Waals surface area contributed by atoms with Gasteiger partial charge in [0.2, 0.25) is 0 Å². The average Bonchev–Trinajstić information content (AvgIpc) is 2.23. The van der Waals surface area contributed by atoms with Crippen LogP contribution >= 0.6 is 23.2 Å². The third-order valence-electron chi connectivity index (χ3n) is 3.35. The zero-order valence-electron chi connectivity index (χ0n) is 9.97. The van der Waals surface area contributed by atoms with Gasteiger partial charge in [0.1, 0.15) is 0 Å². The Morgan fingerprint density at radius 2 is 1.88 bits per heavy atom. The fraction of sp³-hybridized carbons (Fsp3) is 0.538. The van der Waals surface area contributed by atoms with Crippen molar-refractivity contribution in [3.05, 3.63) is 22.2 Å². The van der Waals surface area contributed by atoms with Crippen LogP contribution in [0.5, 0.6) is 0 Å². The molecule has 4 heteroatoms. The normalized spacial score (nSPS) is 24.6. The first kappa shape index (κ1) is 12.8. The van der Waals surface area contributed by atoms with Gasteiger partial charge >= 0.3 is 0 Å². The summed E-state index contributed by atoms with van der Waals surface area (Å²) in [5, 5.41) is 4.67. The van der Waals surface area contributed by atoms with Crippen LogP contribution in [0.4, 0.5) is 11.4 Å². The summed E-state index contributed by atoms with van der Waals surface area (Å²) in [7, 11) is 0. The number of hydrogen-bond acceptors (Lipinski definition) is 2. The lowest BCUT2D eigenvalue weighted by Gasteiger charge is -2.29. The zero-order valence-corrected chi connectivity index (χ0v) is 11.5. The minimum atomic E-state index is 0.470. The summed E-state index contributed by atoms with van der Waals surface area (Å²) in [6.45, 7) is 2.29. The van der Waals surface area contributed by atoms with E-state index in [1.165, 1.54) is 25.7 Å². The van der Waals surface area contributed by atoms with Gasteiger partial charge in [0.15, 0.2) is 0 Å². The molecule has 0 heterocycles. The second kappa shape index (κ2) is 5.36. The Morgan fingerprint density at radius 3 is 2.47 bits per heavy atom. The van der Waals surface area contributed by atoms with Crippen molar-refractivity contribution in [3.8, 4) is 0 Å². The molecule has 0 spiro atoms. The van der Waals surface area contributed by atoms with Crippen molar-refractivity contribution < 1.29 is 0 Å². The van der Waals surface area contributed by atoms with Crippen molar-refractivity contribution in [1.29, 1.82) is 0 Å². The van der Waals surface area contributed by atoms with Gasteiger partial charge in [0.25, 0.3) is 0 Å². The summed E-state index contributed by atoms with van der Waals surface area (Å²) in [4.78, 5) is 0. The molecule has 1 saturated carbocycles. The quantitative estimate of drug-likeness (QED) is 0.775. The molecule has 0 aliphatic heterocycles. The first-order valence-corrected chi connectivity index (χ1v) is 6.83. The van der Waals surface area contributed by atoms with E-state index < -0.39 is 0 Å². The van der Waals surface area contributed by atoms with Crippen molar-refractivity contribution in [3.63, 3.8) is 0 Å². The Kier molecular flexibility index (Phi) is 4.05. The van der Waals surface area contributed by atoms with Gasteiger partial charge in [-0.25, -0.2) is 0 Å². The maximum absolute atomic E-state index is 6.16. The van der Waals surface area contributed by atoms with Crippen LogP contribution in [0.2, 0.25) is 10.0 Å². The lowest BCUT2D eigenvalue weighted by Crippen LogP contribution is -2.26. The largest absolute Gasteiger partial charge is 0.399 e. The zero-order chi connectivity index (χ0) is 12.4. The van der Waals surface area contributed by atoms with Gasteiger partial charge in [-0.15, -0.1) is 0 Å².